The molecule has 0 radical (unpaired) electrons. The molecular formula is C41H69O8P. The maximum Gasteiger partial charge on any atom is 0.469 e. The molecular weight excluding hydrogens is 651 g/mol. The summed E-state index contributed by atoms with van der Waals surface area (Å²) < 4.78 is 26.3. The molecule has 0 rings (SSSR count). The van der Waals surface area contributed by atoms with Crippen molar-refractivity contribution in [3.05, 3.63) is 72.9 Å². The number of allylic oxidation sites excluding steroid dienone is 12. The van der Waals surface area contributed by atoms with Crippen molar-refractivity contribution in [2.75, 3.05) is 13.2 Å². The Bertz CT molecular complexity index is 1040. The summed E-state index contributed by atoms with van der Waals surface area (Å²) in [4.78, 5) is 42.7. The summed E-state index contributed by atoms with van der Waals surface area (Å²) in [6.07, 6.45) is 46.2. The van der Waals surface area contributed by atoms with Gasteiger partial charge < -0.3 is 19.3 Å². The fourth-order valence-corrected chi connectivity index (χ4v) is 5.22. The summed E-state index contributed by atoms with van der Waals surface area (Å²) in [5, 5.41) is 0. The average molecular weight is 721 g/mol. The van der Waals surface area contributed by atoms with Gasteiger partial charge in [-0.05, 0) is 83.5 Å². The van der Waals surface area contributed by atoms with E-state index in [1.165, 1.54) is 25.7 Å². The molecule has 0 spiro atoms. The Morgan fingerprint density at radius 2 is 0.960 bits per heavy atom. The van der Waals surface area contributed by atoms with Crippen molar-refractivity contribution >= 4 is 19.8 Å². The van der Waals surface area contributed by atoms with Crippen molar-refractivity contribution in [1.29, 1.82) is 0 Å². The topological polar surface area (TPSA) is 119 Å². The number of hydrogen-bond acceptors (Lipinski definition) is 6. The Hall–Kier alpha value is -2.51. The minimum absolute atomic E-state index is 0.177. The van der Waals surface area contributed by atoms with E-state index in [-0.39, 0.29) is 19.4 Å². The van der Waals surface area contributed by atoms with Gasteiger partial charge in [0, 0.05) is 12.8 Å². The van der Waals surface area contributed by atoms with Crippen LogP contribution in [0.2, 0.25) is 0 Å². The fraction of sp³-hybridized carbons (Fsp3) is 0.659. The van der Waals surface area contributed by atoms with Crippen LogP contribution < -0.4 is 0 Å². The van der Waals surface area contributed by atoms with Gasteiger partial charge in [-0.25, -0.2) is 4.57 Å². The predicted octanol–water partition coefficient (Wildman–Crippen LogP) is 11.5. The summed E-state index contributed by atoms with van der Waals surface area (Å²) in [6.45, 7) is 3.49. The van der Waals surface area contributed by atoms with Gasteiger partial charge in [-0.1, -0.05) is 132 Å². The molecule has 50 heavy (non-hydrogen) atoms. The molecule has 1 atom stereocenters. The van der Waals surface area contributed by atoms with E-state index >= 15 is 0 Å². The van der Waals surface area contributed by atoms with Crippen LogP contribution in [0.5, 0.6) is 0 Å². The molecule has 9 heteroatoms. The lowest BCUT2D eigenvalue weighted by Crippen LogP contribution is -2.29. The number of esters is 2. The van der Waals surface area contributed by atoms with Crippen LogP contribution in [-0.4, -0.2) is 41.0 Å². The van der Waals surface area contributed by atoms with Crippen molar-refractivity contribution in [1.82, 2.24) is 0 Å². The SMILES string of the molecule is CC/C=C\C/C=C\C/C=C\C/C=C\CCCCCCC(=O)O[C@H](COC(=O)CCCCCCC/C=C\C/C=C\CCCCC)COP(=O)(O)O. The molecule has 0 aromatic carbocycles. The minimum Gasteiger partial charge on any atom is -0.462 e. The maximum atomic E-state index is 12.4. The quantitative estimate of drug-likeness (QED) is 0.0292. The standard InChI is InChI=1S/C41H69O8P/c1-3-5-7-9-11-13-15-17-19-20-22-24-26-28-30-32-34-36-41(43)49-39(38-48-50(44,45)46)37-47-40(42)35-33-31-29-27-25-23-21-18-16-14-12-10-8-6-4-2/h5,7,11-14,17-19,21-22,24,39H,3-4,6,8-10,15-16,20,23,25-38H2,1-2H3,(H2,44,45,46)/b7-5-,13-11-,14-12-,19-17-,21-18-,24-22-/t39-/m1/s1. The molecule has 8 nitrogen and oxygen atoms in total. The Kier molecular flexibility index (Phi) is 34.5. The third-order valence-corrected chi connectivity index (χ3v) is 8.19. The molecule has 0 aliphatic carbocycles. The van der Waals surface area contributed by atoms with Crippen molar-refractivity contribution in [3.63, 3.8) is 0 Å². The number of ether oxygens (including phenoxy) is 2. The third kappa shape index (κ3) is 38.3. The van der Waals surface area contributed by atoms with E-state index in [1.807, 2.05) is 0 Å². The van der Waals surface area contributed by atoms with Crippen LogP contribution in [0, 0.1) is 0 Å². The van der Waals surface area contributed by atoms with E-state index in [4.69, 9.17) is 19.3 Å². The van der Waals surface area contributed by atoms with E-state index in [1.54, 1.807) is 0 Å². The van der Waals surface area contributed by atoms with Crippen LogP contribution in [0.4, 0.5) is 0 Å². The van der Waals surface area contributed by atoms with Crippen LogP contribution in [0.3, 0.4) is 0 Å². The zero-order chi connectivity index (χ0) is 36.8. The van der Waals surface area contributed by atoms with Gasteiger partial charge in [0.15, 0.2) is 6.10 Å². The van der Waals surface area contributed by atoms with E-state index in [0.29, 0.717) is 12.8 Å². The maximum absolute atomic E-state index is 12.4. The van der Waals surface area contributed by atoms with Crippen molar-refractivity contribution in [2.45, 2.75) is 161 Å². The molecule has 286 valence electrons. The van der Waals surface area contributed by atoms with E-state index < -0.39 is 32.5 Å². The molecule has 0 heterocycles. The first-order valence-electron chi connectivity index (χ1n) is 19.2. The molecule has 0 bridgehead atoms. The van der Waals surface area contributed by atoms with Crippen LogP contribution in [0.1, 0.15) is 155 Å². The van der Waals surface area contributed by atoms with Gasteiger partial charge in [0.25, 0.3) is 0 Å². The predicted molar refractivity (Wildman–Crippen MR) is 207 cm³/mol. The highest BCUT2D eigenvalue weighted by Crippen LogP contribution is 2.36. The largest absolute Gasteiger partial charge is 0.469 e. The van der Waals surface area contributed by atoms with Crippen molar-refractivity contribution in [3.8, 4) is 0 Å². The second kappa shape index (κ2) is 36.3. The average Bonchev–Trinajstić information content (AvgIpc) is 3.08. The number of hydrogen-bond donors (Lipinski definition) is 2. The highest BCUT2D eigenvalue weighted by atomic mass is 31.2. The van der Waals surface area contributed by atoms with Gasteiger partial charge >= 0.3 is 19.8 Å². The highest BCUT2D eigenvalue weighted by molar-refractivity contribution is 7.46. The number of rotatable bonds is 34. The lowest BCUT2D eigenvalue weighted by molar-refractivity contribution is -0.161. The first-order chi connectivity index (χ1) is 24.3. The van der Waals surface area contributed by atoms with Crippen molar-refractivity contribution in [2.24, 2.45) is 0 Å². The van der Waals surface area contributed by atoms with E-state index in [0.717, 1.165) is 89.9 Å². The van der Waals surface area contributed by atoms with Gasteiger partial charge in [-0.3, -0.25) is 14.1 Å². The van der Waals surface area contributed by atoms with E-state index in [9.17, 15) is 14.2 Å². The van der Waals surface area contributed by atoms with Crippen molar-refractivity contribution < 1.29 is 37.9 Å². The Morgan fingerprint density at radius 3 is 1.44 bits per heavy atom. The lowest BCUT2D eigenvalue weighted by atomic mass is 10.1. The van der Waals surface area contributed by atoms with Crippen LogP contribution in [0.25, 0.3) is 0 Å². The summed E-state index contributed by atoms with van der Waals surface area (Å²) in [5.41, 5.74) is 0. The van der Waals surface area contributed by atoms with Gasteiger partial charge in [0.1, 0.15) is 6.61 Å². The monoisotopic (exact) mass is 720 g/mol. The summed E-state index contributed by atoms with van der Waals surface area (Å²) in [6, 6.07) is 0. The van der Waals surface area contributed by atoms with Crippen LogP contribution in [-0.2, 0) is 28.2 Å². The molecule has 0 saturated heterocycles. The molecule has 0 aliphatic heterocycles. The number of phosphoric ester groups is 1. The molecule has 0 aromatic rings. The van der Waals surface area contributed by atoms with Crippen LogP contribution in [0.15, 0.2) is 72.9 Å². The molecule has 0 amide bonds. The molecule has 0 saturated carbocycles. The van der Waals surface area contributed by atoms with Crippen LogP contribution >= 0.6 is 7.82 Å². The minimum atomic E-state index is -4.77. The fourth-order valence-electron chi connectivity index (χ4n) is 4.86. The zero-order valence-corrected chi connectivity index (χ0v) is 32.2. The zero-order valence-electron chi connectivity index (χ0n) is 31.3. The summed E-state index contributed by atoms with van der Waals surface area (Å²) >= 11 is 0. The lowest BCUT2D eigenvalue weighted by Gasteiger charge is -2.18. The molecule has 0 unspecified atom stereocenters. The highest BCUT2D eigenvalue weighted by Gasteiger charge is 2.22. The summed E-state index contributed by atoms with van der Waals surface area (Å²) in [5.74, 6) is -0.936. The molecule has 2 N–H and O–H groups in total. The second-order valence-corrected chi connectivity index (χ2v) is 13.8. The Morgan fingerprint density at radius 1 is 0.540 bits per heavy atom. The smallest absolute Gasteiger partial charge is 0.462 e. The van der Waals surface area contributed by atoms with Gasteiger partial charge in [0.05, 0.1) is 6.61 Å². The van der Waals surface area contributed by atoms with Gasteiger partial charge in [0.2, 0.25) is 0 Å². The van der Waals surface area contributed by atoms with Gasteiger partial charge in [-0.15, -0.1) is 0 Å². The Balaban J connectivity index is 4.05. The second-order valence-electron chi connectivity index (χ2n) is 12.5. The number of unbranched alkanes of at least 4 members (excludes halogenated alkanes) is 12. The van der Waals surface area contributed by atoms with E-state index in [2.05, 4.69) is 91.3 Å². The first-order valence-corrected chi connectivity index (χ1v) is 20.8. The molecule has 0 aliphatic rings. The molecule has 0 fully saturated rings. The number of carbonyl (C=O) groups is 2. The first kappa shape index (κ1) is 47.5. The third-order valence-electron chi connectivity index (χ3n) is 7.71. The number of phosphoric acid groups is 1. The van der Waals surface area contributed by atoms with Gasteiger partial charge in [-0.2, -0.15) is 0 Å². The number of carbonyl (C=O) groups excluding carboxylic acids is 2. The summed E-state index contributed by atoms with van der Waals surface area (Å²) in [7, 11) is -4.77. The normalized spacial score (nSPS) is 13.3. The molecule has 0 aromatic heterocycles. The Labute approximate surface area is 304 Å².